The van der Waals surface area contributed by atoms with Crippen LogP contribution in [0.15, 0.2) is 24.3 Å². The normalized spacial score (nSPS) is 11.7. The van der Waals surface area contributed by atoms with Gasteiger partial charge in [-0.05, 0) is 11.6 Å². The van der Waals surface area contributed by atoms with Gasteiger partial charge in [0.2, 0.25) is 0 Å². The smallest absolute Gasteiger partial charge is 0.305 e. The van der Waals surface area contributed by atoms with E-state index in [0.717, 1.165) is 6.07 Å². The van der Waals surface area contributed by atoms with Gasteiger partial charge in [-0.2, -0.15) is 18.7 Å². The topological polar surface area (TPSA) is 21.3 Å². The molecule has 0 heterocycles. The van der Waals surface area contributed by atoms with Crippen molar-refractivity contribution in [2.75, 3.05) is 7.11 Å². The number of halogens is 3. The predicted molar refractivity (Wildman–Crippen MR) is 45.3 cm³/mol. The van der Waals surface area contributed by atoms with E-state index in [1.54, 1.807) is 6.07 Å². The summed E-state index contributed by atoms with van der Waals surface area (Å²) in [5.41, 5.74) is 1.91. The molecule has 1 rings (SSSR count). The molecule has 1 N–H and O–H groups in total. The Labute approximate surface area is 79.6 Å². The van der Waals surface area contributed by atoms with Gasteiger partial charge >= 0.3 is 6.18 Å². The van der Waals surface area contributed by atoms with Crippen LogP contribution in [0.25, 0.3) is 0 Å². The average Bonchev–Trinajstić information content (AvgIpc) is 2.14. The van der Waals surface area contributed by atoms with Gasteiger partial charge in [0.05, 0.1) is 12.7 Å². The van der Waals surface area contributed by atoms with E-state index in [2.05, 4.69) is 10.3 Å². The molecule has 0 saturated heterocycles. The summed E-state index contributed by atoms with van der Waals surface area (Å²) in [4.78, 5) is 4.50. The third-order valence-electron chi connectivity index (χ3n) is 1.73. The molecule has 78 valence electrons. The Morgan fingerprint density at radius 1 is 1.29 bits per heavy atom. The second-order valence-electron chi connectivity index (χ2n) is 2.68. The molecule has 1 aromatic rings. The lowest BCUT2D eigenvalue weighted by Crippen LogP contribution is -2.16. The standard InChI is InChI=1S/C9H10F3NO/c1-14-13-6-7-4-2-3-5-8(7)9(10,11)12/h2-5,13H,6H2,1H3. The third-order valence-corrected chi connectivity index (χ3v) is 1.73. The van der Waals surface area contributed by atoms with Crippen molar-refractivity contribution in [2.45, 2.75) is 12.7 Å². The van der Waals surface area contributed by atoms with Gasteiger partial charge in [-0.25, -0.2) is 0 Å². The van der Waals surface area contributed by atoms with E-state index >= 15 is 0 Å². The molecule has 2 nitrogen and oxygen atoms in total. The minimum Gasteiger partial charge on any atom is -0.305 e. The van der Waals surface area contributed by atoms with E-state index in [0.29, 0.717) is 0 Å². The molecule has 5 heteroatoms. The minimum atomic E-state index is -4.31. The Kier molecular flexibility index (Phi) is 3.49. The van der Waals surface area contributed by atoms with E-state index < -0.39 is 11.7 Å². The fraction of sp³-hybridized carbons (Fsp3) is 0.333. The Morgan fingerprint density at radius 3 is 2.50 bits per heavy atom. The maximum Gasteiger partial charge on any atom is 0.416 e. The molecule has 0 unspecified atom stereocenters. The molecular formula is C9H10F3NO. The maximum absolute atomic E-state index is 12.4. The van der Waals surface area contributed by atoms with Crippen molar-refractivity contribution in [3.63, 3.8) is 0 Å². The number of benzene rings is 1. The van der Waals surface area contributed by atoms with Gasteiger partial charge in [-0.15, -0.1) is 0 Å². The highest BCUT2D eigenvalue weighted by molar-refractivity contribution is 5.29. The van der Waals surface area contributed by atoms with Crippen molar-refractivity contribution < 1.29 is 18.0 Å². The predicted octanol–water partition coefficient (Wildman–Crippen LogP) is 2.36. The number of hydrogen-bond donors (Lipinski definition) is 1. The van der Waals surface area contributed by atoms with E-state index in [1.165, 1.54) is 19.2 Å². The second kappa shape index (κ2) is 4.43. The number of nitrogens with one attached hydrogen (secondary N) is 1. The van der Waals surface area contributed by atoms with Crippen LogP contribution in [0.4, 0.5) is 13.2 Å². The molecule has 1 aromatic carbocycles. The molecule has 0 fully saturated rings. The fourth-order valence-corrected chi connectivity index (χ4v) is 1.10. The molecule has 0 aliphatic carbocycles. The van der Waals surface area contributed by atoms with E-state index in [9.17, 15) is 13.2 Å². The van der Waals surface area contributed by atoms with Gasteiger partial charge < -0.3 is 4.84 Å². The molecule has 0 radical (unpaired) electrons. The van der Waals surface area contributed by atoms with Crippen molar-refractivity contribution in [3.05, 3.63) is 35.4 Å². The van der Waals surface area contributed by atoms with Gasteiger partial charge in [0.1, 0.15) is 0 Å². The zero-order valence-electron chi connectivity index (χ0n) is 7.56. The number of rotatable bonds is 3. The third kappa shape index (κ3) is 2.71. The zero-order valence-corrected chi connectivity index (χ0v) is 7.56. The first kappa shape index (κ1) is 11.0. The summed E-state index contributed by atoms with van der Waals surface area (Å²) < 4.78 is 37.2. The summed E-state index contributed by atoms with van der Waals surface area (Å²) >= 11 is 0. The van der Waals surface area contributed by atoms with Crippen molar-refractivity contribution in [2.24, 2.45) is 0 Å². The average molecular weight is 205 g/mol. The minimum absolute atomic E-state index is 0.0339. The van der Waals surface area contributed by atoms with Gasteiger partial charge in [-0.3, -0.25) is 0 Å². The summed E-state index contributed by atoms with van der Waals surface area (Å²) in [7, 11) is 1.36. The highest BCUT2D eigenvalue weighted by Gasteiger charge is 2.32. The summed E-state index contributed by atoms with van der Waals surface area (Å²) in [5.74, 6) is 0. The van der Waals surface area contributed by atoms with Crippen molar-refractivity contribution in [1.29, 1.82) is 0 Å². The van der Waals surface area contributed by atoms with Gasteiger partial charge in [0, 0.05) is 6.54 Å². The van der Waals surface area contributed by atoms with Crippen LogP contribution in [0.3, 0.4) is 0 Å². The highest BCUT2D eigenvalue weighted by Crippen LogP contribution is 2.31. The van der Waals surface area contributed by atoms with Crippen LogP contribution in [0.2, 0.25) is 0 Å². The van der Waals surface area contributed by atoms with E-state index in [4.69, 9.17) is 0 Å². The van der Waals surface area contributed by atoms with Crippen LogP contribution in [-0.2, 0) is 17.6 Å². The summed E-state index contributed by atoms with van der Waals surface area (Å²) in [6.45, 7) is 0.0339. The van der Waals surface area contributed by atoms with Crippen LogP contribution >= 0.6 is 0 Å². The molecule has 0 saturated carbocycles. The summed E-state index contributed by atoms with van der Waals surface area (Å²) in [6.07, 6.45) is -4.31. The zero-order chi connectivity index (χ0) is 10.6. The fourth-order valence-electron chi connectivity index (χ4n) is 1.10. The van der Waals surface area contributed by atoms with Crippen LogP contribution in [0, 0.1) is 0 Å². The number of alkyl halides is 3. The molecular weight excluding hydrogens is 195 g/mol. The summed E-state index contributed by atoms with van der Waals surface area (Å²) in [6, 6.07) is 5.38. The quantitative estimate of drug-likeness (QED) is 0.765. The lowest BCUT2D eigenvalue weighted by Gasteiger charge is -2.12. The molecule has 0 atom stereocenters. The van der Waals surface area contributed by atoms with Crippen molar-refractivity contribution in [3.8, 4) is 0 Å². The van der Waals surface area contributed by atoms with Crippen LogP contribution in [0.1, 0.15) is 11.1 Å². The monoisotopic (exact) mass is 205 g/mol. The molecule has 0 amide bonds. The van der Waals surface area contributed by atoms with Crippen LogP contribution in [0.5, 0.6) is 0 Å². The van der Waals surface area contributed by atoms with Crippen LogP contribution in [-0.4, -0.2) is 7.11 Å². The van der Waals surface area contributed by atoms with E-state index in [-0.39, 0.29) is 12.1 Å². The van der Waals surface area contributed by atoms with Gasteiger partial charge in [0.15, 0.2) is 0 Å². The summed E-state index contributed by atoms with van der Waals surface area (Å²) in [5, 5.41) is 0. The van der Waals surface area contributed by atoms with Crippen molar-refractivity contribution >= 4 is 0 Å². The molecule has 0 bridgehead atoms. The van der Waals surface area contributed by atoms with Gasteiger partial charge in [0.25, 0.3) is 0 Å². The molecule has 14 heavy (non-hydrogen) atoms. The second-order valence-corrected chi connectivity index (χ2v) is 2.68. The Morgan fingerprint density at radius 2 is 1.93 bits per heavy atom. The number of hydrogen-bond acceptors (Lipinski definition) is 2. The largest absolute Gasteiger partial charge is 0.416 e. The van der Waals surface area contributed by atoms with Crippen LogP contribution < -0.4 is 5.48 Å². The Hall–Kier alpha value is -1.07. The first-order chi connectivity index (χ1) is 6.55. The Balaban J connectivity index is 2.92. The Bertz CT molecular complexity index is 298. The lowest BCUT2D eigenvalue weighted by molar-refractivity contribution is -0.138. The lowest BCUT2D eigenvalue weighted by atomic mass is 10.1. The molecule has 0 aliphatic heterocycles. The highest BCUT2D eigenvalue weighted by atomic mass is 19.4. The van der Waals surface area contributed by atoms with Crippen molar-refractivity contribution in [1.82, 2.24) is 5.48 Å². The maximum atomic E-state index is 12.4. The number of hydroxylamine groups is 1. The SMILES string of the molecule is CONCc1ccccc1C(F)(F)F. The molecule has 0 aromatic heterocycles. The molecule has 0 aliphatic rings. The first-order valence-electron chi connectivity index (χ1n) is 3.96. The molecule has 0 spiro atoms. The van der Waals surface area contributed by atoms with E-state index in [1.807, 2.05) is 0 Å². The first-order valence-corrected chi connectivity index (χ1v) is 3.96. The van der Waals surface area contributed by atoms with Gasteiger partial charge in [-0.1, -0.05) is 18.2 Å².